The maximum Gasteiger partial charge on any atom is 0.234 e. The van der Waals surface area contributed by atoms with Crippen molar-refractivity contribution in [2.45, 2.75) is 63.1 Å². The van der Waals surface area contributed by atoms with Gasteiger partial charge < -0.3 is 11.1 Å². The molecule has 1 atom stereocenters. The van der Waals surface area contributed by atoms with E-state index in [-0.39, 0.29) is 5.91 Å². The summed E-state index contributed by atoms with van der Waals surface area (Å²) in [6.45, 7) is 4.96. The van der Waals surface area contributed by atoms with Gasteiger partial charge in [-0.15, -0.1) is 0 Å². The molecule has 0 spiro atoms. The van der Waals surface area contributed by atoms with Crippen LogP contribution in [0, 0.1) is 0 Å². The van der Waals surface area contributed by atoms with Gasteiger partial charge in [0.25, 0.3) is 0 Å². The molecule has 0 bridgehead atoms. The third-order valence-corrected chi connectivity index (χ3v) is 5.43. The molecule has 21 heavy (non-hydrogen) atoms. The van der Waals surface area contributed by atoms with Crippen LogP contribution in [-0.2, 0) is 4.79 Å². The zero-order valence-electron chi connectivity index (χ0n) is 13.1. The third-order valence-electron chi connectivity index (χ3n) is 5.43. The Labute approximate surface area is 128 Å². The van der Waals surface area contributed by atoms with E-state index in [9.17, 15) is 4.79 Å². The van der Waals surface area contributed by atoms with Gasteiger partial charge in [0.2, 0.25) is 5.91 Å². The van der Waals surface area contributed by atoms with Crippen LogP contribution < -0.4 is 11.1 Å². The number of carbonyl (C=O) groups is 1. The highest BCUT2D eigenvalue weighted by molar-refractivity contribution is 5.78. The number of nitrogens with one attached hydrogen (secondary N) is 1. The van der Waals surface area contributed by atoms with Crippen LogP contribution in [-0.4, -0.2) is 66.6 Å². The van der Waals surface area contributed by atoms with Crippen LogP contribution in [0.25, 0.3) is 0 Å². The van der Waals surface area contributed by atoms with E-state index in [1.54, 1.807) is 0 Å². The van der Waals surface area contributed by atoms with E-state index in [4.69, 9.17) is 5.73 Å². The summed E-state index contributed by atoms with van der Waals surface area (Å²) < 4.78 is 0. The summed E-state index contributed by atoms with van der Waals surface area (Å²) >= 11 is 0. The molecule has 1 amide bonds. The van der Waals surface area contributed by atoms with Gasteiger partial charge in [0.1, 0.15) is 0 Å². The Hall–Kier alpha value is -0.650. The van der Waals surface area contributed by atoms with Crippen molar-refractivity contribution in [1.29, 1.82) is 0 Å². The first-order chi connectivity index (χ1) is 10.2. The molecule has 0 aromatic rings. The van der Waals surface area contributed by atoms with E-state index >= 15 is 0 Å². The number of nitrogens with zero attached hydrogens (tertiary/aromatic N) is 2. The second-order valence-electron chi connectivity index (χ2n) is 7.10. The molecule has 1 saturated carbocycles. The van der Waals surface area contributed by atoms with Crippen LogP contribution in [0.5, 0.6) is 0 Å². The van der Waals surface area contributed by atoms with Gasteiger partial charge in [-0.1, -0.05) is 12.8 Å². The van der Waals surface area contributed by atoms with E-state index in [0.29, 0.717) is 24.7 Å². The molecule has 5 heteroatoms. The van der Waals surface area contributed by atoms with E-state index in [1.807, 2.05) is 0 Å². The summed E-state index contributed by atoms with van der Waals surface area (Å²) in [5.41, 5.74) is 5.98. The first kappa shape index (κ1) is 15.3. The molecule has 2 aliphatic heterocycles. The first-order valence-corrected chi connectivity index (χ1v) is 8.72. The number of hydrogen-bond acceptors (Lipinski definition) is 4. The van der Waals surface area contributed by atoms with Crippen LogP contribution in [0.3, 0.4) is 0 Å². The summed E-state index contributed by atoms with van der Waals surface area (Å²) in [5.74, 6) is 0.225. The zero-order chi connectivity index (χ0) is 14.7. The molecule has 1 aliphatic carbocycles. The minimum atomic E-state index is 0.225. The van der Waals surface area contributed by atoms with E-state index in [0.717, 1.165) is 39.0 Å². The van der Waals surface area contributed by atoms with Crippen LogP contribution in [0.2, 0.25) is 0 Å². The largest absolute Gasteiger partial charge is 0.352 e. The van der Waals surface area contributed by atoms with E-state index in [2.05, 4.69) is 15.1 Å². The molecule has 2 heterocycles. The number of nitrogens with two attached hydrogens (primary N) is 1. The Kier molecular flexibility index (Phi) is 5.14. The number of carbonyl (C=O) groups excluding carboxylic acids is 1. The van der Waals surface area contributed by atoms with Gasteiger partial charge in [-0.05, 0) is 45.2 Å². The van der Waals surface area contributed by atoms with Gasteiger partial charge >= 0.3 is 0 Å². The smallest absolute Gasteiger partial charge is 0.234 e. The van der Waals surface area contributed by atoms with Crippen molar-refractivity contribution in [2.24, 2.45) is 5.73 Å². The fraction of sp³-hybridized carbons (Fsp3) is 0.938. The predicted octanol–water partition coefficient (Wildman–Crippen LogP) is 0.543. The topological polar surface area (TPSA) is 61.6 Å². The van der Waals surface area contributed by atoms with Crippen molar-refractivity contribution in [3.05, 3.63) is 0 Å². The summed E-state index contributed by atoms with van der Waals surface area (Å²) in [6.07, 6.45) is 8.33. The Morgan fingerprint density at radius 2 is 1.76 bits per heavy atom. The number of piperidine rings is 1. The monoisotopic (exact) mass is 294 g/mol. The van der Waals surface area contributed by atoms with Gasteiger partial charge in [0.15, 0.2) is 0 Å². The molecule has 3 fully saturated rings. The van der Waals surface area contributed by atoms with E-state index < -0.39 is 0 Å². The number of amides is 1. The molecule has 0 radical (unpaired) electrons. The highest BCUT2D eigenvalue weighted by Crippen LogP contribution is 2.20. The molecular weight excluding hydrogens is 264 g/mol. The van der Waals surface area contributed by atoms with Crippen LogP contribution >= 0.6 is 0 Å². The second kappa shape index (κ2) is 7.07. The highest BCUT2D eigenvalue weighted by atomic mass is 16.2. The average Bonchev–Trinajstić information content (AvgIpc) is 3.11. The second-order valence-corrected chi connectivity index (χ2v) is 7.10. The van der Waals surface area contributed by atoms with Crippen LogP contribution in [0.1, 0.15) is 44.9 Å². The van der Waals surface area contributed by atoms with Crippen molar-refractivity contribution < 1.29 is 4.79 Å². The summed E-state index contributed by atoms with van der Waals surface area (Å²) in [4.78, 5) is 17.0. The average molecular weight is 294 g/mol. The molecule has 5 nitrogen and oxygen atoms in total. The molecule has 3 rings (SSSR count). The normalized spacial score (nSPS) is 30.0. The lowest BCUT2D eigenvalue weighted by atomic mass is 10.0. The standard InChI is InChI=1S/C16H30N4O/c17-13-5-9-20(10-6-13)15-7-8-19(11-15)12-16(21)18-14-3-1-2-4-14/h13-15H,1-12,17H2,(H,18,21). The van der Waals surface area contributed by atoms with Crippen molar-refractivity contribution in [3.8, 4) is 0 Å². The Morgan fingerprint density at radius 1 is 1.05 bits per heavy atom. The highest BCUT2D eigenvalue weighted by Gasteiger charge is 2.30. The quantitative estimate of drug-likeness (QED) is 0.794. The lowest BCUT2D eigenvalue weighted by Gasteiger charge is -2.34. The van der Waals surface area contributed by atoms with Crippen LogP contribution in [0.15, 0.2) is 0 Å². The molecule has 0 aromatic carbocycles. The van der Waals surface area contributed by atoms with Crippen molar-refractivity contribution in [1.82, 2.24) is 15.1 Å². The lowest BCUT2D eigenvalue weighted by Crippen LogP contribution is -2.46. The zero-order valence-corrected chi connectivity index (χ0v) is 13.1. The first-order valence-electron chi connectivity index (χ1n) is 8.72. The van der Waals surface area contributed by atoms with Gasteiger partial charge in [-0.25, -0.2) is 0 Å². The summed E-state index contributed by atoms with van der Waals surface area (Å²) in [5, 5.41) is 3.20. The Bertz CT molecular complexity index is 348. The minimum Gasteiger partial charge on any atom is -0.352 e. The van der Waals surface area contributed by atoms with Gasteiger partial charge in [0.05, 0.1) is 6.54 Å². The maximum absolute atomic E-state index is 12.1. The fourth-order valence-corrected chi connectivity index (χ4v) is 4.09. The minimum absolute atomic E-state index is 0.225. The molecule has 2 saturated heterocycles. The van der Waals surface area contributed by atoms with Crippen molar-refractivity contribution >= 4 is 5.91 Å². The molecule has 1 unspecified atom stereocenters. The molecule has 3 N–H and O–H groups in total. The van der Waals surface area contributed by atoms with Gasteiger partial charge in [-0.2, -0.15) is 0 Å². The van der Waals surface area contributed by atoms with Crippen molar-refractivity contribution in [2.75, 3.05) is 32.7 Å². The van der Waals surface area contributed by atoms with E-state index in [1.165, 1.54) is 32.1 Å². The summed E-state index contributed by atoms with van der Waals surface area (Å²) in [7, 11) is 0. The predicted molar refractivity (Wildman–Crippen MR) is 84.0 cm³/mol. The lowest BCUT2D eigenvalue weighted by molar-refractivity contribution is -0.122. The van der Waals surface area contributed by atoms with Gasteiger partial charge in [-0.3, -0.25) is 14.6 Å². The Balaban J connectivity index is 1.38. The van der Waals surface area contributed by atoms with Gasteiger partial charge in [0, 0.05) is 31.2 Å². The molecule has 120 valence electrons. The number of rotatable bonds is 4. The fourth-order valence-electron chi connectivity index (χ4n) is 4.09. The molecule has 0 aromatic heterocycles. The maximum atomic E-state index is 12.1. The summed E-state index contributed by atoms with van der Waals surface area (Å²) in [6, 6.07) is 1.48. The third kappa shape index (κ3) is 4.18. The number of likely N-dealkylation sites (tertiary alicyclic amines) is 2. The Morgan fingerprint density at radius 3 is 2.48 bits per heavy atom. The number of hydrogen-bond donors (Lipinski definition) is 2. The van der Waals surface area contributed by atoms with Crippen LogP contribution in [0.4, 0.5) is 0 Å². The SMILES string of the molecule is NC1CCN(C2CCN(CC(=O)NC3CCCC3)C2)CC1. The van der Waals surface area contributed by atoms with Crippen molar-refractivity contribution in [3.63, 3.8) is 0 Å². The molecule has 3 aliphatic rings. The molecular formula is C16H30N4O.